The number of carboxylic acid groups (broad SMARTS) is 1. The average Bonchev–Trinajstić information content (AvgIpc) is 2.75. The summed E-state index contributed by atoms with van der Waals surface area (Å²) in [4.78, 5) is 12.8. The molecular formula is C30H48O4. The molecule has 0 bridgehead atoms. The summed E-state index contributed by atoms with van der Waals surface area (Å²) in [5, 5.41) is 32.6. The molecule has 8 atom stereocenters. The lowest BCUT2D eigenvalue weighted by Gasteiger charge is -2.71. The Hall–Kier alpha value is -0.870. The molecule has 0 spiro atoms. The molecule has 0 radical (unpaired) electrons. The largest absolute Gasteiger partial charge is 0.481 e. The molecule has 4 heteroatoms. The molecule has 4 saturated carbocycles. The van der Waals surface area contributed by atoms with E-state index in [9.17, 15) is 20.1 Å². The summed E-state index contributed by atoms with van der Waals surface area (Å²) in [7, 11) is 0. The maximum Gasteiger partial charge on any atom is 0.310 e. The van der Waals surface area contributed by atoms with E-state index >= 15 is 0 Å². The minimum atomic E-state index is -0.665. The molecule has 0 aliphatic heterocycles. The van der Waals surface area contributed by atoms with Crippen LogP contribution in [0.2, 0.25) is 0 Å². The standard InChI is InChI=1S/C30H48O4/c1-25(2)13-14-29(24(33)34)15-16-30(18-31)19(20(29)17-25)7-8-22-27(5)11-10-23(32)26(3,4)21(27)9-12-28(22,30)6/h7,20-23,31-32H,8-18H2,1-6H3,(H,33,34)/t20?,21?,22?,23-,27-,28+,29-,30-/m0/s1. The summed E-state index contributed by atoms with van der Waals surface area (Å²) < 4.78 is 0. The lowest BCUT2D eigenvalue weighted by Crippen LogP contribution is -2.66. The number of carbonyl (C=O) groups is 1. The highest BCUT2D eigenvalue weighted by molar-refractivity contribution is 5.76. The predicted molar refractivity (Wildman–Crippen MR) is 134 cm³/mol. The molecule has 0 saturated heterocycles. The van der Waals surface area contributed by atoms with Gasteiger partial charge in [0.05, 0.1) is 18.1 Å². The lowest BCUT2D eigenvalue weighted by atomic mass is 9.33. The molecule has 0 aromatic heterocycles. The fourth-order valence-electron chi connectivity index (χ4n) is 10.8. The van der Waals surface area contributed by atoms with E-state index in [1.54, 1.807) is 0 Å². The van der Waals surface area contributed by atoms with E-state index in [4.69, 9.17) is 0 Å². The van der Waals surface area contributed by atoms with Crippen molar-refractivity contribution in [3.63, 3.8) is 0 Å². The number of hydrogen-bond donors (Lipinski definition) is 3. The van der Waals surface area contributed by atoms with Crippen molar-refractivity contribution in [1.29, 1.82) is 0 Å². The zero-order chi connectivity index (χ0) is 24.9. The van der Waals surface area contributed by atoms with E-state index < -0.39 is 11.4 Å². The van der Waals surface area contributed by atoms with Gasteiger partial charge in [0.1, 0.15) is 0 Å². The van der Waals surface area contributed by atoms with Crippen LogP contribution in [0.1, 0.15) is 106 Å². The van der Waals surface area contributed by atoms with Crippen molar-refractivity contribution in [3.05, 3.63) is 11.6 Å². The van der Waals surface area contributed by atoms with E-state index in [2.05, 4.69) is 47.6 Å². The Morgan fingerprint density at radius 1 is 0.941 bits per heavy atom. The molecule has 0 aromatic carbocycles. The van der Waals surface area contributed by atoms with Crippen molar-refractivity contribution >= 4 is 5.97 Å². The summed E-state index contributed by atoms with van der Waals surface area (Å²) in [5.41, 5.74) is 0.446. The van der Waals surface area contributed by atoms with Gasteiger partial charge in [0.2, 0.25) is 0 Å². The van der Waals surface area contributed by atoms with Gasteiger partial charge < -0.3 is 15.3 Å². The third kappa shape index (κ3) is 2.88. The van der Waals surface area contributed by atoms with Gasteiger partial charge in [-0.25, -0.2) is 0 Å². The van der Waals surface area contributed by atoms with Gasteiger partial charge in [-0.3, -0.25) is 4.79 Å². The summed E-state index contributed by atoms with van der Waals surface area (Å²) in [6.45, 7) is 14.2. The third-order valence-electron chi connectivity index (χ3n) is 13.0. The first-order chi connectivity index (χ1) is 15.7. The smallest absolute Gasteiger partial charge is 0.310 e. The molecule has 5 aliphatic rings. The average molecular weight is 473 g/mol. The zero-order valence-corrected chi connectivity index (χ0v) is 22.4. The summed E-state index contributed by atoms with van der Waals surface area (Å²) in [5.74, 6) is 0.340. The van der Waals surface area contributed by atoms with E-state index in [0.717, 1.165) is 57.8 Å². The Morgan fingerprint density at radius 3 is 2.26 bits per heavy atom. The number of hydrogen-bond acceptors (Lipinski definition) is 3. The van der Waals surface area contributed by atoms with E-state index in [0.29, 0.717) is 18.3 Å². The van der Waals surface area contributed by atoms with Crippen LogP contribution in [0.15, 0.2) is 11.6 Å². The second kappa shape index (κ2) is 7.34. The molecule has 5 rings (SSSR count). The molecule has 4 nitrogen and oxygen atoms in total. The van der Waals surface area contributed by atoms with E-state index in [-0.39, 0.29) is 45.7 Å². The van der Waals surface area contributed by atoms with Crippen LogP contribution in [0.4, 0.5) is 0 Å². The number of aliphatic carboxylic acids is 1. The summed E-state index contributed by atoms with van der Waals surface area (Å²) in [6, 6.07) is 0. The molecule has 0 amide bonds. The minimum Gasteiger partial charge on any atom is -0.481 e. The minimum absolute atomic E-state index is 0.0302. The lowest BCUT2D eigenvalue weighted by molar-refractivity contribution is -0.214. The van der Waals surface area contributed by atoms with Crippen molar-refractivity contribution in [2.24, 2.45) is 50.2 Å². The van der Waals surface area contributed by atoms with Crippen LogP contribution in [0, 0.1) is 50.2 Å². The summed E-state index contributed by atoms with van der Waals surface area (Å²) in [6.07, 6.45) is 11.3. The van der Waals surface area contributed by atoms with Crippen molar-refractivity contribution in [2.45, 2.75) is 112 Å². The quantitative estimate of drug-likeness (QED) is 0.418. The Balaban J connectivity index is 1.63. The number of fused-ring (bicyclic) bond motifs is 7. The van der Waals surface area contributed by atoms with Gasteiger partial charge in [-0.15, -0.1) is 0 Å². The van der Waals surface area contributed by atoms with Gasteiger partial charge in [0, 0.05) is 5.41 Å². The maximum absolute atomic E-state index is 12.8. The number of aliphatic hydroxyl groups is 2. The van der Waals surface area contributed by atoms with Crippen LogP contribution in [0.3, 0.4) is 0 Å². The van der Waals surface area contributed by atoms with Crippen LogP contribution in [-0.4, -0.2) is 34.0 Å². The molecule has 3 unspecified atom stereocenters. The Bertz CT molecular complexity index is 903. The number of aliphatic hydroxyl groups excluding tert-OH is 2. The first kappa shape index (κ1) is 24.8. The molecule has 5 aliphatic carbocycles. The van der Waals surface area contributed by atoms with Crippen molar-refractivity contribution in [2.75, 3.05) is 6.61 Å². The Morgan fingerprint density at radius 2 is 1.62 bits per heavy atom. The first-order valence-corrected chi connectivity index (χ1v) is 13.9. The van der Waals surface area contributed by atoms with Gasteiger partial charge in [-0.2, -0.15) is 0 Å². The van der Waals surface area contributed by atoms with Gasteiger partial charge in [0.25, 0.3) is 0 Å². The van der Waals surface area contributed by atoms with Crippen molar-refractivity contribution < 1.29 is 20.1 Å². The number of carboxylic acids is 1. The van der Waals surface area contributed by atoms with Crippen LogP contribution in [0.5, 0.6) is 0 Å². The Kier molecular flexibility index (Phi) is 5.36. The van der Waals surface area contributed by atoms with Crippen LogP contribution in [-0.2, 0) is 4.79 Å². The van der Waals surface area contributed by atoms with Crippen LogP contribution in [0.25, 0.3) is 0 Å². The molecule has 4 fully saturated rings. The van der Waals surface area contributed by atoms with Gasteiger partial charge >= 0.3 is 5.97 Å². The van der Waals surface area contributed by atoms with Crippen molar-refractivity contribution in [1.82, 2.24) is 0 Å². The van der Waals surface area contributed by atoms with Crippen LogP contribution >= 0.6 is 0 Å². The van der Waals surface area contributed by atoms with E-state index in [1.807, 2.05) is 0 Å². The molecule has 192 valence electrons. The number of allylic oxidation sites excluding steroid dienone is 1. The zero-order valence-electron chi connectivity index (χ0n) is 22.4. The van der Waals surface area contributed by atoms with Gasteiger partial charge in [-0.05, 0) is 104 Å². The fraction of sp³-hybridized carbons (Fsp3) is 0.900. The van der Waals surface area contributed by atoms with Gasteiger partial charge in [0.15, 0.2) is 0 Å². The maximum atomic E-state index is 12.8. The second-order valence-corrected chi connectivity index (χ2v) is 15.0. The molecule has 3 N–H and O–H groups in total. The molecule has 0 aromatic rings. The molecular weight excluding hydrogens is 424 g/mol. The van der Waals surface area contributed by atoms with Crippen molar-refractivity contribution in [3.8, 4) is 0 Å². The normalized spacial score (nSPS) is 51.2. The highest BCUT2D eigenvalue weighted by Crippen LogP contribution is 2.75. The monoisotopic (exact) mass is 472 g/mol. The topological polar surface area (TPSA) is 77.8 Å². The third-order valence-corrected chi connectivity index (χ3v) is 13.0. The summed E-state index contributed by atoms with van der Waals surface area (Å²) >= 11 is 0. The first-order valence-electron chi connectivity index (χ1n) is 13.9. The van der Waals surface area contributed by atoms with Gasteiger partial charge in [-0.1, -0.05) is 53.2 Å². The predicted octanol–water partition coefficient (Wildman–Crippen LogP) is 6.21. The van der Waals surface area contributed by atoms with E-state index in [1.165, 1.54) is 5.57 Å². The highest BCUT2D eigenvalue weighted by atomic mass is 16.4. The van der Waals surface area contributed by atoms with Crippen LogP contribution < -0.4 is 0 Å². The Labute approximate surface area is 206 Å². The molecule has 34 heavy (non-hydrogen) atoms. The number of rotatable bonds is 2. The fourth-order valence-corrected chi connectivity index (χ4v) is 10.8. The highest BCUT2D eigenvalue weighted by Gasteiger charge is 2.70. The second-order valence-electron chi connectivity index (χ2n) is 15.0. The SMILES string of the molecule is CC1(C)CC[C@]2(C(=O)O)CC[C@]3(CO)C(=CCC4[C@@]5(C)CC[C@H](O)C(C)(C)C5CC[C@]43C)C2C1. The molecule has 0 heterocycles.